The third-order valence-electron chi connectivity index (χ3n) is 1.76. The van der Waals surface area contributed by atoms with Crippen molar-refractivity contribution in [1.82, 2.24) is 5.32 Å². The standard InChI is InChI=1S/C11H14ClNO2/c12-7-6-11(14)13-8-9-15-10-4-2-1-3-5-10/h1-5H,6-9H2,(H,13,14). The van der Waals surface area contributed by atoms with E-state index in [9.17, 15) is 4.79 Å². The van der Waals surface area contributed by atoms with Crippen LogP contribution in [-0.2, 0) is 4.79 Å². The van der Waals surface area contributed by atoms with Gasteiger partial charge >= 0.3 is 0 Å². The average molecular weight is 228 g/mol. The molecule has 1 aromatic rings. The van der Waals surface area contributed by atoms with Crippen molar-refractivity contribution in [3.63, 3.8) is 0 Å². The summed E-state index contributed by atoms with van der Waals surface area (Å²) in [6.07, 6.45) is 0.354. The van der Waals surface area contributed by atoms with E-state index in [4.69, 9.17) is 16.3 Å². The Kier molecular flexibility index (Phi) is 5.63. The smallest absolute Gasteiger partial charge is 0.221 e. The lowest BCUT2D eigenvalue weighted by Gasteiger charge is -2.06. The van der Waals surface area contributed by atoms with Crippen molar-refractivity contribution < 1.29 is 9.53 Å². The number of rotatable bonds is 6. The van der Waals surface area contributed by atoms with E-state index in [1.165, 1.54) is 0 Å². The molecule has 0 saturated carbocycles. The lowest BCUT2D eigenvalue weighted by atomic mass is 10.3. The molecule has 0 fully saturated rings. The summed E-state index contributed by atoms with van der Waals surface area (Å²) in [7, 11) is 0. The van der Waals surface area contributed by atoms with Crippen molar-refractivity contribution in [3.8, 4) is 5.75 Å². The second kappa shape index (κ2) is 7.12. The van der Waals surface area contributed by atoms with Crippen molar-refractivity contribution in [2.45, 2.75) is 6.42 Å². The summed E-state index contributed by atoms with van der Waals surface area (Å²) < 4.78 is 5.39. The Morgan fingerprint density at radius 2 is 2.07 bits per heavy atom. The van der Waals surface area contributed by atoms with Crippen LogP contribution in [0.2, 0.25) is 0 Å². The molecule has 0 unspecified atom stereocenters. The molecule has 0 atom stereocenters. The van der Waals surface area contributed by atoms with Gasteiger partial charge in [0, 0.05) is 12.3 Å². The van der Waals surface area contributed by atoms with Gasteiger partial charge in [-0.25, -0.2) is 0 Å². The molecular weight excluding hydrogens is 214 g/mol. The Hall–Kier alpha value is -1.22. The minimum absolute atomic E-state index is 0.0401. The molecule has 0 radical (unpaired) electrons. The van der Waals surface area contributed by atoms with E-state index in [2.05, 4.69) is 5.32 Å². The van der Waals surface area contributed by atoms with Gasteiger partial charge in [-0.1, -0.05) is 18.2 Å². The maximum Gasteiger partial charge on any atom is 0.221 e. The Bertz CT molecular complexity index is 290. The fourth-order valence-corrected chi connectivity index (χ4v) is 1.22. The predicted octanol–water partition coefficient (Wildman–Crippen LogP) is 1.81. The van der Waals surface area contributed by atoms with Crippen LogP contribution in [0.3, 0.4) is 0 Å². The van der Waals surface area contributed by atoms with E-state index in [0.29, 0.717) is 25.5 Å². The van der Waals surface area contributed by atoms with Crippen LogP contribution in [0, 0.1) is 0 Å². The van der Waals surface area contributed by atoms with Crippen LogP contribution in [0.15, 0.2) is 30.3 Å². The van der Waals surface area contributed by atoms with Gasteiger partial charge in [-0.2, -0.15) is 0 Å². The number of ether oxygens (including phenoxy) is 1. The number of para-hydroxylation sites is 1. The van der Waals surface area contributed by atoms with Crippen molar-refractivity contribution in [1.29, 1.82) is 0 Å². The van der Waals surface area contributed by atoms with Gasteiger partial charge in [0.15, 0.2) is 0 Å². The van der Waals surface area contributed by atoms with Crippen LogP contribution in [-0.4, -0.2) is 24.9 Å². The van der Waals surface area contributed by atoms with Gasteiger partial charge in [0.1, 0.15) is 12.4 Å². The van der Waals surface area contributed by atoms with Gasteiger partial charge in [0.05, 0.1) is 6.54 Å². The molecule has 0 aliphatic heterocycles. The quantitative estimate of drug-likeness (QED) is 0.595. The van der Waals surface area contributed by atoms with Crippen LogP contribution >= 0.6 is 11.6 Å². The van der Waals surface area contributed by atoms with Crippen LogP contribution in [0.25, 0.3) is 0 Å². The first-order chi connectivity index (χ1) is 7.33. The van der Waals surface area contributed by atoms with Gasteiger partial charge in [-0.15, -0.1) is 11.6 Å². The molecule has 15 heavy (non-hydrogen) atoms. The first-order valence-corrected chi connectivity index (χ1v) is 5.37. The van der Waals surface area contributed by atoms with Crippen LogP contribution in [0.4, 0.5) is 0 Å². The molecule has 1 rings (SSSR count). The SMILES string of the molecule is O=C(CCCl)NCCOc1ccccc1. The van der Waals surface area contributed by atoms with Gasteiger partial charge < -0.3 is 10.1 Å². The van der Waals surface area contributed by atoms with E-state index in [1.807, 2.05) is 30.3 Å². The fraction of sp³-hybridized carbons (Fsp3) is 0.364. The summed E-state index contributed by atoms with van der Waals surface area (Å²) in [6.45, 7) is 0.975. The summed E-state index contributed by atoms with van der Waals surface area (Å²) in [4.78, 5) is 11.0. The molecule has 0 saturated heterocycles. The highest BCUT2D eigenvalue weighted by Crippen LogP contribution is 2.07. The summed E-state index contributed by atoms with van der Waals surface area (Å²) in [5, 5.41) is 2.71. The largest absolute Gasteiger partial charge is 0.492 e. The average Bonchev–Trinajstić information content (AvgIpc) is 2.26. The summed E-state index contributed by atoms with van der Waals surface area (Å²) >= 11 is 5.41. The zero-order valence-electron chi connectivity index (χ0n) is 8.41. The molecule has 0 heterocycles. The third-order valence-corrected chi connectivity index (χ3v) is 1.95. The zero-order valence-corrected chi connectivity index (χ0v) is 9.17. The molecule has 0 aromatic heterocycles. The topological polar surface area (TPSA) is 38.3 Å². The van der Waals surface area contributed by atoms with Crippen molar-refractivity contribution in [2.24, 2.45) is 0 Å². The van der Waals surface area contributed by atoms with Gasteiger partial charge in [0.2, 0.25) is 5.91 Å². The molecule has 0 aliphatic rings. The number of nitrogens with one attached hydrogen (secondary N) is 1. The normalized spacial score (nSPS) is 9.67. The first-order valence-electron chi connectivity index (χ1n) is 4.83. The van der Waals surface area contributed by atoms with Gasteiger partial charge in [0.25, 0.3) is 0 Å². The minimum atomic E-state index is -0.0401. The number of carbonyl (C=O) groups excluding carboxylic acids is 1. The van der Waals surface area contributed by atoms with Gasteiger partial charge in [-0.3, -0.25) is 4.79 Å². The number of hydrogen-bond acceptors (Lipinski definition) is 2. The molecule has 1 aromatic carbocycles. The fourth-order valence-electron chi connectivity index (χ4n) is 1.05. The molecule has 0 spiro atoms. The minimum Gasteiger partial charge on any atom is -0.492 e. The number of amides is 1. The maximum atomic E-state index is 11.0. The number of alkyl halides is 1. The Balaban J connectivity index is 2.10. The van der Waals surface area contributed by atoms with Crippen LogP contribution < -0.4 is 10.1 Å². The molecule has 0 aliphatic carbocycles. The molecule has 0 bridgehead atoms. The second-order valence-electron chi connectivity index (χ2n) is 2.95. The third kappa shape index (κ3) is 5.27. The van der Waals surface area contributed by atoms with Crippen LogP contribution in [0.5, 0.6) is 5.75 Å². The van der Waals surface area contributed by atoms with E-state index in [-0.39, 0.29) is 5.91 Å². The van der Waals surface area contributed by atoms with E-state index < -0.39 is 0 Å². The Labute approximate surface area is 94.4 Å². The highest BCUT2D eigenvalue weighted by atomic mass is 35.5. The zero-order chi connectivity index (χ0) is 10.9. The maximum absolute atomic E-state index is 11.0. The molecule has 82 valence electrons. The number of carbonyl (C=O) groups is 1. The van der Waals surface area contributed by atoms with Gasteiger partial charge in [-0.05, 0) is 12.1 Å². The lowest BCUT2D eigenvalue weighted by molar-refractivity contribution is -0.120. The molecule has 4 heteroatoms. The molecular formula is C11H14ClNO2. The first kappa shape index (κ1) is 11.9. The van der Waals surface area contributed by atoms with E-state index in [0.717, 1.165) is 5.75 Å². The second-order valence-corrected chi connectivity index (χ2v) is 3.33. The highest BCUT2D eigenvalue weighted by Gasteiger charge is 1.98. The molecule has 1 N–H and O–H groups in total. The summed E-state index contributed by atoms with van der Waals surface area (Å²) in [5.74, 6) is 1.12. The van der Waals surface area contributed by atoms with Crippen molar-refractivity contribution >= 4 is 17.5 Å². The van der Waals surface area contributed by atoms with E-state index >= 15 is 0 Å². The monoisotopic (exact) mass is 227 g/mol. The van der Waals surface area contributed by atoms with Crippen molar-refractivity contribution in [3.05, 3.63) is 30.3 Å². The lowest BCUT2D eigenvalue weighted by Crippen LogP contribution is -2.28. The Morgan fingerprint density at radius 1 is 1.33 bits per heavy atom. The molecule has 1 amide bonds. The van der Waals surface area contributed by atoms with Crippen molar-refractivity contribution in [2.75, 3.05) is 19.0 Å². The summed E-state index contributed by atoms with van der Waals surface area (Å²) in [6, 6.07) is 9.49. The van der Waals surface area contributed by atoms with E-state index in [1.54, 1.807) is 0 Å². The Morgan fingerprint density at radius 3 is 2.73 bits per heavy atom. The molecule has 3 nitrogen and oxygen atoms in total. The highest BCUT2D eigenvalue weighted by molar-refractivity contribution is 6.18. The van der Waals surface area contributed by atoms with Crippen LogP contribution in [0.1, 0.15) is 6.42 Å². The number of halogens is 1. The summed E-state index contributed by atoms with van der Waals surface area (Å²) in [5.41, 5.74) is 0. The predicted molar refractivity (Wildman–Crippen MR) is 60.3 cm³/mol. The number of benzene rings is 1. The number of hydrogen-bond donors (Lipinski definition) is 1.